The van der Waals surface area contributed by atoms with E-state index in [0.29, 0.717) is 12.6 Å². The summed E-state index contributed by atoms with van der Waals surface area (Å²) >= 11 is 0. The summed E-state index contributed by atoms with van der Waals surface area (Å²) in [7, 11) is 1.83. The largest absolute Gasteiger partial charge is 0.382 e. The summed E-state index contributed by atoms with van der Waals surface area (Å²) < 4.78 is 0. The standard InChI is InChI=1S/C17H28N2O/c1-13(2)10-11-14(3)18-17-9-7-6-8-16(17)12-19(5)15(4)20/h6-9,13-14,18H,10-12H2,1-5H3. The lowest BCUT2D eigenvalue weighted by Crippen LogP contribution is -2.24. The zero-order chi connectivity index (χ0) is 15.1. The van der Waals surface area contributed by atoms with Crippen LogP contribution in [0.25, 0.3) is 0 Å². The molecule has 0 bridgehead atoms. The molecule has 0 aromatic heterocycles. The number of carbonyl (C=O) groups excluding carboxylic acids is 1. The number of nitrogens with one attached hydrogen (secondary N) is 1. The molecule has 112 valence electrons. The van der Waals surface area contributed by atoms with Crippen LogP contribution < -0.4 is 5.32 Å². The Morgan fingerprint density at radius 2 is 1.85 bits per heavy atom. The number of carbonyl (C=O) groups is 1. The summed E-state index contributed by atoms with van der Waals surface area (Å²) in [6, 6.07) is 8.68. The quantitative estimate of drug-likeness (QED) is 0.819. The number of para-hydroxylation sites is 1. The topological polar surface area (TPSA) is 32.3 Å². The van der Waals surface area contributed by atoms with Crippen LogP contribution in [0.5, 0.6) is 0 Å². The third kappa shape index (κ3) is 5.64. The fourth-order valence-electron chi connectivity index (χ4n) is 2.09. The highest BCUT2D eigenvalue weighted by Crippen LogP contribution is 2.19. The number of rotatable bonds is 7. The van der Waals surface area contributed by atoms with Crippen LogP contribution in [-0.4, -0.2) is 23.9 Å². The predicted molar refractivity (Wildman–Crippen MR) is 85.7 cm³/mol. The maximum absolute atomic E-state index is 11.4. The van der Waals surface area contributed by atoms with Crippen LogP contribution in [0.3, 0.4) is 0 Å². The van der Waals surface area contributed by atoms with E-state index >= 15 is 0 Å². The van der Waals surface area contributed by atoms with Crippen molar-refractivity contribution in [1.82, 2.24) is 4.90 Å². The number of benzene rings is 1. The van der Waals surface area contributed by atoms with Crippen molar-refractivity contribution < 1.29 is 4.79 Å². The average Bonchev–Trinajstić information content (AvgIpc) is 2.38. The molecule has 1 N–H and O–H groups in total. The van der Waals surface area contributed by atoms with Gasteiger partial charge in [-0.2, -0.15) is 0 Å². The zero-order valence-electron chi connectivity index (χ0n) is 13.4. The maximum Gasteiger partial charge on any atom is 0.219 e. The highest BCUT2D eigenvalue weighted by molar-refractivity contribution is 5.73. The van der Waals surface area contributed by atoms with Crippen LogP contribution in [0.4, 0.5) is 5.69 Å². The maximum atomic E-state index is 11.4. The highest BCUT2D eigenvalue weighted by Gasteiger charge is 2.10. The molecule has 20 heavy (non-hydrogen) atoms. The molecule has 0 aliphatic carbocycles. The van der Waals surface area contributed by atoms with Crippen molar-refractivity contribution in [3.8, 4) is 0 Å². The van der Waals surface area contributed by atoms with E-state index < -0.39 is 0 Å². The normalized spacial score (nSPS) is 12.3. The van der Waals surface area contributed by atoms with E-state index in [9.17, 15) is 4.79 Å². The van der Waals surface area contributed by atoms with Gasteiger partial charge in [0, 0.05) is 32.2 Å². The van der Waals surface area contributed by atoms with Crippen molar-refractivity contribution in [3.63, 3.8) is 0 Å². The van der Waals surface area contributed by atoms with E-state index in [1.807, 2.05) is 19.2 Å². The fraction of sp³-hybridized carbons (Fsp3) is 0.588. The minimum absolute atomic E-state index is 0.0904. The van der Waals surface area contributed by atoms with E-state index in [4.69, 9.17) is 0 Å². The Hall–Kier alpha value is -1.51. The molecule has 3 heteroatoms. The molecule has 1 aromatic rings. The molecule has 0 fully saturated rings. The minimum atomic E-state index is 0.0904. The summed E-state index contributed by atoms with van der Waals surface area (Å²) in [6.07, 6.45) is 2.39. The van der Waals surface area contributed by atoms with Crippen LogP contribution in [0.15, 0.2) is 24.3 Å². The Bertz CT molecular complexity index is 429. The van der Waals surface area contributed by atoms with Crippen molar-refractivity contribution in [3.05, 3.63) is 29.8 Å². The van der Waals surface area contributed by atoms with Gasteiger partial charge in [0.1, 0.15) is 0 Å². The van der Waals surface area contributed by atoms with E-state index in [1.165, 1.54) is 12.0 Å². The van der Waals surface area contributed by atoms with Crippen LogP contribution in [0, 0.1) is 5.92 Å². The van der Waals surface area contributed by atoms with Crippen molar-refractivity contribution in [2.75, 3.05) is 12.4 Å². The first-order valence-electron chi connectivity index (χ1n) is 7.46. The van der Waals surface area contributed by atoms with Crippen LogP contribution >= 0.6 is 0 Å². The van der Waals surface area contributed by atoms with Crippen molar-refractivity contribution >= 4 is 11.6 Å². The predicted octanol–water partition coefficient (Wildman–Crippen LogP) is 3.90. The van der Waals surface area contributed by atoms with Gasteiger partial charge in [-0.25, -0.2) is 0 Å². The second-order valence-electron chi connectivity index (χ2n) is 6.05. The monoisotopic (exact) mass is 276 g/mol. The van der Waals surface area contributed by atoms with E-state index in [-0.39, 0.29) is 5.91 Å². The molecule has 0 aliphatic heterocycles. The molecule has 1 amide bonds. The third-order valence-electron chi connectivity index (χ3n) is 3.54. The van der Waals surface area contributed by atoms with Crippen molar-refractivity contribution in [1.29, 1.82) is 0 Å². The van der Waals surface area contributed by atoms with Gasteiger partial charge in [-0.05, 0) is 37.3 Å². The summed E-state index contributed by atoms with van der Waals surface area (Å²) in [5.74, 6) is 0.825. The van der Waals surface area contributed by atoms with Gasteiger partial charge in [0.2, 0.25) is 5.91 Å². The van der Waals surface area contributed by atoms with E-state index in [2.05, 4.69) is 38.2 Å². The van der Waals surface area contributed by atoms with Gasteiger partial charge in [0.25, 0.3) is 0 Å². The van der Waals surface area contributed by atoms with Gasteiger partial charge >= 0.3 is 0 Å². The third-order valence-corrected chi connectivity index (χ3v) is 3.54. The Morgan fingerprint density at radius 3 is 2.45 bits per heavy atom. The molecule has 1 unspecified atom stereocenters. The zero-order valence-corrected chi connectivity index (χ0v) is 13.4. The second kappa shape index (κ2) is 7.93. The molecule has 0 saturated carbocycles. The Morgan fingerprint density at radius 1 is 1.20 bits per heavy atom. The highest BCUT2D eigenvalue weighted by atomic mass is 16.2. The summed E-state index contributed by atoms with van der Waals surface area (Å²) in [6.45, 7) is 8.97. The molecule has 1 rings (SSSR count). The molecular formula is C17H28N2O. The summed E-state index contributed by atoms with van der Waals surface area (Å²) in [5, 5.41) is 3.57. The van der Waals surface area contributed by atoms with Crippen LogP contribution in [0.1, 0.15) is 46.1 Å². The number of hydrogen-bond acceptors (Lipinski definition) is 2. The van der Waals surface area contributed by atoms with Gasteiger partial charge in [0.15, 0.2) is 0 Å². The molecular weight excluding hydrogens is 248 g/mol. The van der Waals surface area contributed by atoms with Gasteiger partial charge in [0.05, 0.1) is 0 Å². The smallest absolute Gasteiger partial charge is 0.219 e. The van der Waals surface area contributed by atoms with Crippen LogP contribution in [-0.2, 0) is 11.3 Å². The van der Waals surface area contributed by atoms with Crippen molar-refractivity contribution in [2.45, 2.75) is 53.1 Å². The lowest BCUT2D eigenvalue weighted by molar-refractivity contribution is -0.128. The Balaban J connectivity index is 2.67. The second-order valence-corrected chi connectivity index (χ2v) is 6.05. The van der Waals surface area contributed by atoms with Crippen molar-refractivity contribution in [2.24, 2.45) is 5.92 Å². The molecule has 1 atom stereocenters. The summed E-state index contributed by atoms with van der Waals surface area (Å²) in [4.78, 5) is 13.1. The van der Waals surface area contributed by atoms with Crippen LogP contribution in [0.2, 0.25) is 0 Å². The first-order chi connectivity index (χ1) is 9.40. The molecule has 0 saturated heterocycles. The number of anilines is 1. The van der Waals surface area contributed by atoms with Gasteiger partial charge < -0.3 is 10.2 Å². The Kier molecular flexibility index (Phi) is 6.56. The molecule has 0 radical (unpaired) electrons. The minimum Gasteiger partial charge on any atom is -0.382 e. The van der Waals surface area contributed by atoms with E-state index in [0.717, 1.165) is 18.0 Å². The molecule has 0 aliphatic rings. The molecule has 0 heterocycles. The average molecular weight is 276 g/mol. The number of nitrogens with zero attached hydrogens (tertiary/aromatic N) is 1. The van der Waals surface area contributed by atoms with Gasteiger partial charge in [-0.15, -0.1) is 0 Å². The van der Waals surface area contributed by atoms with Gasteiger partial charge in [-0.1, -0.05) is 32.0 Å². The molecule has 0 spiro atoms. The molecule has 3 nitrogen and oxygen atoms in total. The van der Waals surface area contributed by atoms with E-state index in [1.54, 1.807) is 11.8 Å². The summed E-state index contributed by atoms with van der Waals surface area (Å²) in [5.41, 5.74) is 2.30. The lowest BCUT2D eigenvalue weighted by Gasteiger charge is -2.21. The number of hydrogen-bond donors (Lipinski definition) is 1. The molecule has 1 aromatic carbocycles. The lowest BCUT2D eigenvalue weighted by atomic mass is 10.0. The fourth-order valence-corrected chi connectivity index (χ4v) is 2.09. The number of amides is 1. The first-order valence-corrected chi connectivity index (χ1v) is 7.46. The first kappa shape index (κ1) is 16.5. The Labute approximate surface area is 123 Å². The van der Waals surface area contributed by atoms with Gasteiger partial charge in [-0.3, -0.25) is 4.79 Å². The SMILES string of the molecule is CC(=O)N(C)Cc1ccccc1NC(C)CCC(C)C.